The average molecular weight is 365 g/mol. The molecule has 132 valence electrons. The first-order chi connectivity index (χ1) is 12.6. The third-order valence-electron chi connectivity index (χ3n) is 4.57. The molecule has 4 rings (SSSR count). The second kappa shape index (κ2) is 6.88. The average Bonchev–Trinajstić information content (AvgIpc) is 3.37. The second-order valence-electron chi connectivity index (χ2n) is 6.55. The molecule has 1 amide bonds. The molecule has 0 unspecified atom stereocenters. The van der Waals surface area contributed by atoms with Crippen LogP contribution in [0, 0.1) is 0 Å². The molecular weight excluding hydrogens is 346 g/mol. The van der Waals surface area contributed by atoms with E-state index in [0.717, 1.165) is 18.4 Å². The SMILES string of the molecule is Cn1nc(-c2ccc(C(=O)N(Cc3ccsc3)C3CC3)cc2)ccc1=O. The summed E-state index contributed by atoms with van der Waals surface area (Å²) in [6.07, 6.45) is 2.16. The van der Waals surface area contributed by atoms with Gasteiger partial charge in [0.05, 0.1) is 5.69 Å². The van der Waals surface area contributed by atoms with Crippen LogP contribution in [0.4, 0.5) is 0 Å². The fourth-order valence-corrected chi connectivity index (χ4v) is 3.60. The number of aryl methyl sites for hydroxylation is 1. The molecule has 1 saturated carbocycles. The van der Waals surface area contributed by atoms with Gasteiger partial charge in [0.1, 0.15) is 0 Å². The zero-order chi connectivity index (χ0) is 18.1. The Balaban J connectivity index is 1.56. The van der Waals surface area contributed by atoms with Crippen molar-refractivity contribution in [3.63, 3.8) is 0 Å². The topological polar surface area (TPSA) is 55.2 Å². The first-order valence-electron chi connectivity index (χ1n) is 8.58. The van der Waals surface area contributed by atoms with Crippen molar-refractivity contribution in [3.8, 4) is 11.3 Å². The number of hydrogen-bond acceptors (Lipinski definition) is 4. The van der Waals surface area contributed by atoms with Crippen molar-refractivity contribution >= 4 is 17.2 Å². The first kappa shape index (κ1) is 16.7. The van der Waals surface area contributed by atoms with Gasteiger partial charge in [-0.05, 0) is 53.4 Å². The van der Waals surface area contributed by atoms with Crippen LogP contribution in [-0.2, 0) is 13.6 Å². The molecule has 0 bridgehead atoms. The van der Waals surface area contributed by atoms with Gasteiger partial charge in [0, 0.05) is 36.8 Å². The van der Waals surface area contributed by atoms with Gasteiger partial charge >= 0.3 is 0 Å². The lowest BCUT2D eigenvalue weighted by Gasteiger charge is -2.22. The van der Waals surface area contributed by atoms with Crippen molar-refractivity contribution in [3.05, 3.63) is 74.7 Å². The van der Waals surface area contributed by atoms with Crippen LogP contribution in [0.25, 0.3) is 11.3 Å². The molecule has 0 saturated heterocycles. The summed E-state index contributed by atoms with van der Waals surface area (Å²) in [4.78, 5) is 26.4. The Hall–Kier alpha value is -2.73. The smallest absolute Gasteiger partial charge is 0.266 e. The van der Waals surface area contributed by atoms with Gasteiger partial charge in [-0.15, -0.1) is 0 Å². The predicted octanol–water partition coefficient (Wildman–Crippen LogP) is 3.31. The number of carbonyl (C=O) groups excluding carboxylic acids is 1. The zero-order valence-electron chi connectivity index (χ0n) is 14.5. The summed E-state index contributed by atoms with van der Waals surface area (Å²) in [5.41, 5.74) is 3.31. The van der Waals surface area contributed by atoms with E-state index in [-0.39, 0.29) is 11.5 Å². The van der Waals surface area contributed by atoms with Crippen molar-refractivity contribution in [2.24, 2.45) is 7.05 Å². The number of amides is 1. The highest BCUT2D eigenvalue weighted by Gasteiger charge is 2.33. The summed E-state index contributed by atoms with van der Waals surface area (Å²) in [6, 6.07) is 13.1. The maximum atomic E-state index is 13.0. The van der Waals surface area contributed by atoms with E-state index >= 15 is 0 Å². The van der Waals surface area contributed by atoms with E-state index in [1.54, 1.807) is 24.5 Å². The highest BCUT2D eigenvalue weighted by molar-refractivity contribution is 7.07. The fourth-order valence-electron chi connectivity index (χ4n) is 2.94. The first-order valence-corrected chi connectivity index (χ1v) is 9.53. The van der Waals surface area contributed by atoms with Crippen molar-refractivity contribution in [1.29, 1.82) is 0 Å². The van der Waals surface area contributed by atoms with Crippen LogP contribution in [0.3, 0.4) is 0 Å². The molecule has 1 aromatic carbocycles. The van der Waals surface area contributed by atoms with Crippen molar-refractivity contribution in [1.82, 2.24) is 14.7 Å². The molecule has 0 N–H and O–H groups in total. The Bertz CT molecular complexity index is 973. The summed E-state index contributed by atoms with van der Waals surface area (Å²) < 4.78 is 1.31. The lowest BCUT2D eigenvalue weighted by molar-refractivity contribution is 0.0730. The third-order valence-corrected chi connectivity index (χ3v) is 5.30. The van der Waals surface area contributed by atoms with Gasteiger partial charge < -0.3 is 4.90 Å². The maximum Gasteiger partial charge on any atom is 0.266 e. The number of carbonyl (C=O) groups is 1. The van der Waals surface area contributed by atoms with Crippen LogP contribution < -0.4 is 5.56 Å². The number of benzene rings is 1. The molecule has 0 radical (unpaired) electrons. The monoisotopic (exact) mass is 365 g/mol. The normalized spacial score (nSPS) is 13.6. The maximum absolute atomic E-state index is 13.0. The highest BCUT2D eigenvalue weighted by Crippen LogP contribution is 2.30. The molecule has 1 fully saturated rings. The molecule has 26 heavy (non-hydrogen) atoms. The van der Waals surface area contributed by atoms with Gasteiger partial charge in [0.25, 0.3) is 11.5 Å². The highest BCUT2D eigenvalue weighted by atomic mass is 32.1. The van der Waals surface area contributed by atoms with Gasteiger partial charge in [-0.3, -0.25) is 9.59 Å². The third kappa shape index (κ3) is 3.46. The summed E-state index contributed by atoms with van der Waals surface area (Å²) in [5.74, 6) is 0.0682. The lowest BCUT2D eigenvalue weighted by atomic mass is 10.1. The number of aromatic nitrogens is 2. The van der Waals surface area contributed by atoms with E-state index < -0.39 is 0 Å². The second-order valence-corrected chi connectivity index (χ2v) is 7.33. The van der Waals surface area contributed by atoms with E-state index in [4.69, 9.17) is 0 Å². The molecule has 6 heteroatoms. The standard InChI is InChI=1S/C20H19N3O2S/c1-22-19(24)9-8-18(21-22)15-2-4-16(5-3-15)20(25)23(17-6-7-17)12-14-10-11-26-13-14/h2-5,8-11,13,17H,6-7,12H2,1H3. The Morgan fingerprint density at radius 2 is 1.96 bits per heavy atom. The predicted molar refractivity (Wildman–Crippen MR) is 102 cm³/mol. The number of thiophene rings is 1. The molecular formula is C20H19N3O2S. The van der Waals surface area contributed by atoms with Gasteiger partial charge in [-0.2, -0.15) is 16.4 Å². The van der Waals surface area contributed by atoms with Crippen LogP contribution in [0.2, 0.25) is 0 Å². The van der Waals surface area contributed by atoms with Crippen LogP contribution in [0.1, 0.15) is 28.8 Å². The Morgan fingerprint density at radius 1 is 1.19 bits per heavy atom. The van der Waals surface area contributed by atoms with Gasteiger partial charge in [0.2, 0.25) is 0 Å². The van der Waals surface area contributed by atoms with Crippen LogP contribution >= 0.6 is 11.3 Å². The van der Waals surface area contributed by atoms with Gasteiger partial charge in [-0.1, -0.05) is 12.1 Å². The number of rotatable bonds is 5. The number of nitrogens with zero attached hydrogens (tertiary/aromatic N) is 3. The van der Waals surface area contributed by atoms with Crippen molar-refractivity contribution in [2.45, 2.75) is 25.4 Å². The molecule has 2 heterocycles. The summed E-state index contributed by atoms with van der Waals surface area (Å²) in [5, 5.41) is 8.39. The molecule has 1 aliphatic rings. The summed E-state index contributed by atoms with van der Waals surface area (Å²) >= 11 is 1.65. The van der Waals surface area contributed by atoms with Crippen molar-refractivity contribution in [2.75, 3.05) is 0 Å². The molecule has 0 aliphatic heterocycles. The fraction of sp³-hybridized carbons (Fsp3) is 0.250. The Kier molecular flexibility index (Phi) is 4.42. The van der Waals surface area contributed by atoms with E-state index in [9.17, 15) is 9.59 Å². The largest absolute Gasteiger partial charge is 0.331 e. The lowest BCUT2D eigenvalue weighted by Crippen LogP contribution is -2.32. The Labute approximate surface area is 155 Å². The van der Waals surface area contributed by atoms with E-state index in [0.29, 0.717) is 23.8 Å². The van der Waals surface area contributed by atoms with Crippen LogP contribution in [0.15, 0.2) is 58.0 Å². The van der Waals surface area contributed by atoms with Crippen LogP contribution in [-0.4, -0.2) is 26.6 Å². The minimum Gasteiger partial charge on any atom is -0.331 e. The molecule has 1 aliphatic carbocycles. The van der Waals surface area contributed by atoms with Crippen LogP contribution in [0.5, 0.6) is 0 Å². The summed E-state index contributed by atoms with van der Waals surface area (Å²) in [7, 11) is 1.63. The quantitative estimate of drug-likeness (QED) is 0.697. The van der Waals surface area contributed by atoms with Crippen molar-refractivity contribution < 1.29 is 4.79 Å². The van der Waals surface area contributed by atoms with Gasteiger partial charge in [0.15, 0.2) is 0 Å². The van der Waals surface area contributed by atoms with E-state index in [1.165, 1.54) is 16.3 Å². The molecule has 5 nitrogen and oxygen atoms in total. The van der Waals surface area contributed by atoms with Gasteiger partial charge in [-0.25, -0.2) is 4.68 Å². The number of hydrogen-bond donors (Lipinski definition) is 0. The van der Waals surface area contributed by atoms with E-state index in [2.05, 4.69) is 16.5 Å². The minimum absolute atomic E-state index is 0.0682. The van der Waals surface area contributed by atoms with E-state index in [1.807, 2.05) is 34.5 Å². The Morgan fingerprint density at radius 3 is 2.58 bits per heavy atom. The molecule has 0 atom stereocenters. The summed E-state index contributed by atoms with van der Waals surface area (Å²) in [6.45, 7) is 0.664. The minimum atomic E-state index is -0.144. The molecule has 3 aromatic rings. The molecule has 0 spiro atoms. The molecule has 2 aromatic heterocycles. The zero-order valence-corrected chi connectivity index (χ0v) is 15.3.